The zero-order chi connectivity index (χ0) is 27.9. The maximum atomic E-state index is 12.2. The van der Waals surface area contributed by atoms with E-state index in [0.717, 1.165) is 96.4 Å². The topological polar surface area (TPSA) is 80.7 Å². The first kappa shape index (κ1) is 30.1. The average Bonchev–Trinajstić information content (AvgIpc) is 3.49. The molecule has 9 atom stereocenters. The number of morpholine rings is 1. The lowest BCUT2D eigenvalue weighted by Gasteiger charge is -2.42. The second-order valence-electron chi connectivity index (χ2n) is 14.3. The molecular weight excluding hydrogens is 524 g/mol. The van der Waals surface area contributed by atoms with Gasteiger partial charge in [-0.05, 0) is 69.6 Å². The molecule has 0 aromatic rings. The van der Waals surface area contributed by atoms with Gasteiger partial charge in [0.15, 0.2) is 0 Å². The molecule has 9 heteroatoms. The Bertz CT molecular complexity index is 842. The van der Waals surface area contributed by atoms with Crippen LogP contribution in [0.3, 0.4) is 0 Å². The summed E-state index contributed by atoms with van der Waals surface area (Å²) in [4.78, 5) is 7.72. The zero-order valence-corrected chi connectivity index (χ0v) is 26.1. The van der Waals surface area contributed by atoms with Crippen molar-refractivity contribution in [2.45, 2.75) is 107 Å². The minimum atomic E-state index is -0.428. The number of methoxy groups -OCH3 is 1. The van der Waals surface area contributed by atoms with E-state index in [-0.39, 0.29) is 29.0 Å². The summed E-state index contributed by atoms with van der Waals surface area (Å²) < 4.78 is 11.0. The lowest BCUT2D eigenvalue weighted by molar-refractivity contribution is -0.0735. The van der Waals surface area contributed by atoms with Crippen molar-refractivity contribution in [3.05, 3.63) is 0 Å². The molecule has 2 aliphatic carbocycles. The molecule has 4 saturated heterocycles. The molecule has 0 bridgehead atoms. The lowest BCUT2D eigenvalue weighted by atomic mass is 9.83. The van der Waals surface area contributed by atoms with E-state index in [9.17, 15) is 10.2 Å². The van der Waals surface area contributed by atoms with Crippen LogP contribution in [0.5, 0.6) is 0 Å². The summed E-state index contributed by atoms with van der Waals surface area (Å²) in [6, 6.07) is 1.46. The number of ether oxygens (including phenoxy) is 2. The molecule has 8 nitrogen and oxygen atoms in total. The number of piperidine rings is 1. The van der Waals surface area contributed by atoms with Crippen LogP contribution in [-0.4, -0.2) is 139 Å². The average molecular weight is 581 g/mol. The van der Waals surface area contributed by atoms with Crippen LogP contribution in [0.2, 0.25) is 0 Å². The third-order valence-electron chi connectivity index (χ3n) is 11.2. The fraction of sp³-hybridized carbons (Fsp3) is 1.00. The SMILES string of the molecule is COCCCCN1C(C2CCCS2)CCC1C(O)N(CC(C)C)C1CC12CNCC1(C2)C(O)C1N1CCOCC1. The molecule has 0 radical (unpaired) electrons. The smallest absolute Gasteiger partial charge is 0.123 e. The molecule has 0 amide bonds. The number of aliphatic hydroxyl groups is 2. The lowest BCUT2D eigenvalue weighted by Crippen LogP contribution is -2.55. The van der Waals surface area contributed by atoms with E-state index < -0.39 is 6.23 Å². The minimum absolute atomic E-state index is 0.0374. The summed E-state index contributed by atoms with van der Waals surface area (Å²) in [7, 11) is 1.80. The molecule has 3 N–H and O–H groups in total. The van der Waals surface area contributed by atoms with E-state index in [1.165, 1.54) is 25.0 Å². The van der Waals surface area contributed by atoms with E-state index in [1.807, 2.05) is 0 Å². The van der Waals surface area contributed by atoms with Gasteiger partial charge in [-0.2, -0.15) is 11.8 Å². The Morgan fingerprint density at radius 1 is 1.15 bits per heavy atom. The minimum Gasteiger partial charge on any atom is -0.391 e. The van der Waals surface area contributed by atoms with Crippen LogP contribution in [0.4, 0.5) is 0 Å². The Morgan fingerprint density at radius 2 is 1.98 bits per heavy atom. The summed E-state index contributed by atoms with van der Waals surface area (Å²) in [6.07, 6.45) is 8.74. The van der Waals surface area contributed by atoms with Gasteiger partial charge >= 0.3 is 0 Å². The molecule has 4 heterocycles. The quantitative estimate of drug-likeness (QED) is 0.238. The summed E-state index contributed by atoms with van der Waals surface area (Å²) in [5.74, 6) is 1.80. The van der Waals surface area contributed by atoms with Crippen molar-refractivity contribution in [1.29, 1.82) is 0 Å². The largest absolute Gasteiger partial charge is 0.391 e. The Hall–Kier alpha value is 0.0300. The van der Waals surface area contributed by atoms with Gasteiger partial charge in [0.2, 0.25) is 0 Å². The van der Waals surface area contributed by atoms with Crippen molar-refractivity contribution in [3.8, 4) is 0 Å². The third-order valence-corrected chi connectivity index (χ3v) is 12.7. The number of hydrogen-bond acceptors (Lipinski definition) is 9. The van der Waals surface area contributed by atoms with Gasteiger partial charge in [-0.1, -0.05) is 13.8 Å². The number of unbranched alkanes of at least 4 members (excludes halogenated alkanes) is 1. The van der Waals surface area contributed by atoms with E-state index in [1.54, 1.807) is 7.11 Å². The van der Waals surface area contributed by atoms with Gasteiger partial charge in [0.1, 0.15) is 6.23 Å². The molecular formula is C31H56N4O4S. The highest BCUT2D eigenvalue weighted by Gasteiger charge is 2.74. The number of aliphatic hydroxyl groups excluding tert-OH is 2. The number of thioether (sulfide) groups is 1. The zero-order valence-electron chi connectivity index (χ0n) is 25.3. The maximum absolute atomic E-state index is 12.2. The van der Waals surface area contributed by atoms with Gasteiger partial charge in [0.25, 0.3) is 0 Å². The fourth-order valence-electron chi connectivity index (χ4n) is 9.26. The van der Waals surface area contributed by atoms with Crippen molar-refractivity contribution in [2.75, 3.05) is 72.0 Å². The molecule has 9 unspecified atom stereocenters. The first-order chi connectivity index (χ1) is 19.4. The van der Waals surface area contributed by atoms with Gasteiger partial charge in [-0.3, -0.25) is 14.7 Å². The summed E-state index contributed by atoms with van der Waals surface area (Å²) in [5, 5.41) is 28.0. The molecule has 6 aliphatic rings. The highest BCUT2D eigenvalue weighted by Crippen LogP contribution is 2.65. The monoisotopic (exact) mass is 580 g/mol. The molecule has 0 aromatic heterocycles. The van der Waals surface area contributed by atoms with Crippen molar-refractivity contribution in [1.82, 2.24) is 20.0 Å². The summed E-state index contributed by atoms with van der Waals surface area (Å²) >= 11 is 2.17. The highest BCUT2D eigenvalue weighted by molar-refractivity contribution is 8.00. The van der Waals surface area contributed by atoms with Gasteiger partial charge in [-0.25, -0.2) is 0 Å². The van der Waals surface area contributed by atoms with Crippen LogP contribution < -0.4 is 5.32 Å². The second kappa shape index (κ2) is 12.6. The Balaban J connectivity index is 1.16. The van der Waals surface area contributed by atoms with Crippen molar-refractivity contribution >= 4 is 11.8 Å². The van der Waals surface area contributed by atoms with E-state index in [0.29, 0.717) is 18.0 Å². The standard InChI is InChI=1S/C31H56N4O4S/c1-22(2)18-35(29(37)24-9-8-23(25-7-6-16-40-25)34(24)10-4-5-13-38-3)26-17-30(26)19-31(21-32-20-30)27(28(31)36)33-11-14-39-15-12-33/h22-29,32,36-37H,4-21H2,1-3H3. The van der Waals surface area contributed by atoms with Crippen molar-refractivity contribution in [2.24, 2.45) is 16.7 Å². The first-order valence-electron chi connectivity index (χ1n) is 16.4. The molecule has 6 fully saturated rings. The fourth-order valence-corrected chi connectivity index (χ4v) is 10.7. The number of nitrogens with one attached hydrogen (secondary N) is 1. The first-order valence-corrected chi connectivity index (χ1v) is 17.5. The van der Waals surface area contributed by atoms with Gasteiger partial charge in [-0.15, -0.1) is 0 Å². The van der Waals surface area contributed by atoms with Crippen LogP contribution in [0.1, 0.15) is 65.2 Å². The van der Waals surface area contributed by atoms with Crippen LogP contribution in [0.25, 0.3) is 0 Å². The Labute approximate surface area is 246 Å². The van der Waals surface area contributed by atoms with Crippen molar-refractivity contribution < 1.29 is 19.7 Å². The normalized spacial score (nSPS) is 43.0. The summed E-state index contributed by atoms with van der Waals surface area (Å²) in [6.45, 7) is 12.8. The van der Waals surface area contributed by atoms with Gasteiger partial charge in [0, 0.05) is 86.7 Å². The molecule has 0 aromatic carbocycles. The highest BCUT2D eigenvalue weighted by atomic mass is 32.2. The van der Waals surface area contributed by atoms with Gasteiger partial charge < -0.3 is 25.0 Å². The van der Waals surface area contributed by atoms with Crippen molar-refractivity contribution in [3.63, 3.8) is 0 Å². The maximum Gasteiger partial charge on any atom is 0.123 e. The number of nitrogens with zero attached hydrogens (tertiary/aromatic N) is 3. The number of likely N-dealkylation sites (tertiary alicyclic amines) is 1. The predicted molar refractivity (Wildman–Crippen MR) is 161 cm³/mol. The van der Waals surface area contributed by atoms with E-state index in [2.05, 4.69) is 45.6 Å². The third kappa shape index (κ3) is 5.77. The van der Waals surface area contributed by atoms with Crippen LogP contribution in [0.15, 0.2) is 0 Å². The van der Waals surface area contributed by atoms with Crippen LogP contribution >= 0.6 is 11.8 Å². The number of rotatable bonds is 12. The summed E-state index contributed by atoms with van der Waals surface area (Å²) in [5.41, 5.74) is 0.128. The van der Waals surface area contributed by atoms with E-state index in [4.69, 9.17) is 9.47 Å². The molecule has 40 heavy (non-hydrogen) atoms. The molecule has 6 rings (SSSR count). The van der Waals surface area contributed by atoms with E-state index >= 15 is 0 Å². The second-order valence-corrected chi connectivity index (χ2v) is 15.7. The molecule has 2 saturated carbocycles. The van der Waals surface area contributed by atoms with Crippen LogP contribution in [0, 0.1) is 16.7 Å². The van der Waals surface area contributed by atoms with Crippen LogP contribution in [-0.2, 0) is 9.47 Å². The number of hydrogen-bond donors (Lipinski definition) is 3. The van der Waals surface area contributed by atoms with Gasteiger partial charge in [0.05, 0.1) is 19.3 Å². The molecule has 2 spiro atoms. The predicted octanol–water partition coefficient (Wildman–Crippen LogP) is 2.23. The Morgan fingerprint density at radius 3 is 2.70 bits per heavy atom. The Kier molecular flexibility index (Phi) is 9.45. The molecule has 230 valence electrons. The molecule has 4 aliphatic heterocycles.